The maximum absolute atomic E-state index is 12.4. The van der Waals surface area contributed by atoms with Crippen LogP contribution in [0.3, 0.4) is 0 Å². The van der Waals surface area contributed by atoms with Gasteiger partial charge in [-0.1, -0.05) is 0 Å². The van der Waals surface area contributed by atoms with Gasteiger partial charge in [0.05, 0.1) is 5.56 Å². The van der Waals surface area contributed by atoms with Crippen molar-refractivity contribution in [1.82, 2.24) is 0 Å². The zero-order chi connectivity index (χ0) is 17.3. The number of phenols is 4. The van der Waals surface area contributed by atoms with Gasteiger partial charge in [-0.2, -0.15) is 0 Å². The summed E-state index contributed by atoms with van der Waals surface area (Å²) in [5, 5.41) is 47.0. The van der Waals surface area contributed by atoms with E-state index in [4.69, 9.17) is 5.11 Å². The Hall–Kier alpha value is -3.42. The van der Waals surface area contributed by atoms with Crippen molar-refractivity contribution in [2.75, 3.05) is 11.9 Å². The third kappa shape index (κ3) is 2.95. The number of anilines is 1. The van der Waals surface area contributed by atoms with E-state index in [0.717, 1.165) is 23.1 Å². The lowest BCUT2D eigenvalue weighted by Gasteiger charge is -2.19. The smallest absolute Gasteiger partial charge is 0.339 e. The van der Waals surface area contributed by atoms with Crippen molar-refractivity contribution in [3.63, 3.8) is 0 Å². The Kier molecular flexibility index (Phi) is 4.00. The number of amides is 1. The minimum absolute atomic E-state index is 0.214. The van der Waals surface area contributed by atoms with Gasteiger partial charge < -0.3 is 30.4 Å². The van der Waals surface area contributed by atoms with Crippen LogP contribution < -0.4 is 4.90 Å². The molecule has 0 bridgehead atoms. The molecule has 2 aromatic rings. The molecule has 0 fully saturated rings. The molecule has 1 amide bonds. The van der Waals surface area contributed by atoms with Crippen LogP contribution in [0.25, 0.3) is 0 Å². The predicted octanol–water partition coefficient (Wildman–Crippen LogP) is 1.48. The van der Waals surface area contributed by atoms with Gasteiger partial charge in [0.15, 0.2) is 11.5 Å². The van der Waals surface area contributed by atoms with Crippen molar-refractivity contribution in [2.45, 2.75) is 0 Å². The number of phenolic OH excluding ortho intramolecular Hbond substituents is 3. The molecule has 2 rings (SSSR count). The fraction of sp³-hybridized carbons (Fsp3) is 0.0667. The van der Waals surface area contributed by atoms with Gasteiger partial charge in [0.2, 0.25) is 0 Å². The van der Waals surface area contributed by atoms with E-state index in [-0.39, 0.29) is 17.0 Å². The Morgan fingerprint density at radius 1 is 0.826 bits per heavy atom. The molecule has 0 aliphatic rings. The third-order valence-electron chi connectivity index (χ3n) is 3.23. The number of carboxylic acids is 1. The average Bonchev–Trinajstić information content (AvgIpc) is 2.50. The van der Waals surface area contributed by atoms with Crippen LogP contribution in [0.15, 0.2) is 30.3 Å². The van der Waals surface area contributed by atoms with Crippen molar-refractivity contribution < 1.29 is 35.1 Å². The average molecular weight is 319 g/mol. The first-order chi connectivity index (χ1) is 10.7. The molecule has 0 unspecified atom stereocenters. The lowest BCUT2D eigenvalue weighted by molar-refractivity contribution is 0.0692. The number of carboxylic acid groups (broad SMARTS) is 1. The SMILES string of the molecule is CN(C(=O)c1cc(O)c(C(=O)O)cc1O)c1ccc(O)c(O)c1. The molecule has 0 saturated carbocycles. The zero-order valence-corrected chi connectivity index (χ0v) is 11.9. The number of aromatic carboxylic acids is 1. The van der Waals surface area contributed by atoms with Crippen LogP contribution >= 0.6 is 0 Å². The first-order valence-electron chi connectivity index (χ1n) is 6.31. The monoisotopic (exact) mass is 319 g/mol. The van der Waals surface area contributed by atoms with Gasteiger partial charge in [-0.3, -0.25) is 4.79 Å². The van der Waals surface area contributed by atoms with Gasteiger partial charge in [0.25, 0.3) is 5.91 Å². The minimum atomic E-state index is -1.45. The molecule has 0 aromatic heterocycles. The summed E-state index contributed by atoms with van der Waals surface area (Å²) in [4.78, 5) is 24.3. The number of benzene rings is 2. The molecule has 0 atom stereocenters. The molecule has 23 heavy (non-hydrogen) atoms. The molecular formula is C15H13NO7. The summed E-state index contributed by atoms with van der Waals surface area (Å²) in [6, 6.07) is 5.29. The van der Waals surface area contributed by atoms with Gasteiger partial charge in [-0.25, -0.2) is 4.79 Å². The second-order valence-corrected chi connectivity index (χ2v) is 4.73. The Bertz CT molecular complexity index is 801. The summed E-state index contributed by atoms with van der Waals surface area (Å²) in [7, 11) is 1.34. The lowest BCUT2D eigenvalue weighted by atomic mass is 10.1. The van der Waals surface area contributed by atoms with E-state index in [1.807, 2.05) is 0 Å². The van der Waals surface area contributed by atoms with E-state index in [1.54, 1.807) is 0 Å². The van der Waals surface area contributed by atoms with E-state index >= 15 is 0 Å². The topological polar surface area (TPSA) is 139 Å². The van der Waals surface area contributed by atoms with Crippen LogP contribution in [0.1, 0.15) is 20.7 Å². The summed E-state index contributed by atoms with van der Waals surface area (Å²) >= 11 is 0. The summed E-state index contributed by atoms with van der Waals surface area (Å²) in [5.41, 5.74) is -0.641. The fourth-order valence-electron chi connectivity index (χ4n) is 1.94. The first-order valence-corrected chi connectivity index (χ1v) is 6.31. The first kappa shape index (κ1) is 16.0. The highest BCUT2D eigenvalue weighted by molar-refractivity contribution is 6.08. The molecule has 0 aliphatic carbocycles. The van der Waals surface area contributed by atoms with Crippen LogP contribution in [-0.2, 0) is 0 Å². The number of rotatable bonds is 3. The predicted molar refractivity (Wildman–Crippen MR) is 79.2 cm³/mol. The molecule has 0 aliphatic heterocycles. The maximum Gasteiger partial charge on any atom is 0.339 e. The van der Waals surface area contributed by atoms with Crippen LogP contribution in [0.4, 0.5) is 5.69 Å². The summed E-state index contributed by atoms with van der Waals surface area (Å²) < 4.78 is 0. The third-order valence-corrected chi connectivity index (χ3v) is 3.23. The largest absolute Gasteiger partial charge is 0.507 e. The van der Waals surface area contributed by atoms with Crippen LogP contribution in [0.5, 0.6) is 23.0 Å². The number of hydrogen-bond acceptors (Lipinski definition) is 6. The van der Waals surface area contributed by atoms with Crippen molar-refractivity contribution in [3.8, 4) is 23.0 Å². The van der Waals surface area contributed by atoms with Gasteiger partial charge in [0, 0.05) is 18.8 Å². The second kappa shape index (κ2) is 5.76. The molecule has 0 saturated heterocycles. The number of nitrogens with zero attached hydrogens (tertiary/aromatic N) is 1. The maximum atomic E-state index is 12.4. The van der Waals surface area contributed by atoms with Crippen LogP contribution in [0, 0.1) is 0 Å². The Labute approximate surface area is 130 Å². The van der Waals surface area contributed by atoms with E-state index in [2.05, 4.69) is 0 Å². The molecule has 0 radical (unpaired) electrons. The van der Waals surface area contributed by atoms with Crippen molar-refractivity contribution in [2.24, 2.45) is 0 Å². The van der Waals surface area contributed by atoms with Crippen LogP contribution in [0.2, 0.25) is 0 Å². The van der Waals surface area contributed by atoms with Crippen molar-refractivity contribution in [1.29, 1.82) is 0 Å². The number of carbonyl (C=O) groups is 2. The Morgan fingerprint density at radius 3 is 1.96 bits per heavy atom. The van der Waals surface area contributed by atoms with Crippen molar-refractivity contribution in [3.05, 3.63) is 41.5 Å². The Balaban J connectivity index is 2.41. The Morgan fingerprint density at radius 2 is 1.39 bits per heavy atom. The quantitative estimate of drug-likeness (QED) is 0.426. The van der Waals surface area contributed by atoms with Crippen molar-refractivity contribution >= 4 is 17.6 Å². The highest BCUT2D eigenvalue weighted by Gasteiger charge is 2.22. The standard InChI is InChI=1S/C15H13NO7/c1-16(7-2-3-10(17)13(20)4-7)14(21)8-5-12(19)9(15(22)23)6-11(8)18/h2-6,17-20H,1H3,(H,22,23). The van der Waals surface area contributed by atoms with E-state index in [1.165, 1.54) is 19.2 Å². The van der Waals surface area contributed by atoms with Gasteiger partial charge in [-0.05, 0) is 24.3 Å². The molecular weight excluding hydrogens is 306 g/mol. The summed E-state index contributed by atoms with van der Waals surface area (Å²) in [5.74, 6) is -4.27. The fourth-order valence-corrected chi connectivity index (χ4v) is 1.94. The van der Waals surface area contributed by atoms with Crippen LogP contribution in [-0.4, -0.2) is 44.5 Å². The normalized spacial score (nSPS) is 10.3. The number of aromatic hydroxyl groups is 4. The number of carbonyl (C=O) groups excluding carboxylic acids is 1. The number of hydrogen-bond donors (Lipinski definition) is 5. The van der Waals surface area contributed by atoms with Gasteiger partial charge >= 0.3 is 5.97 Å². The summed E-state index contributed by atoms with van der Waals surface area (Å²) in [6.07, 6.45) is 0. The summed E-state index contributed by atoms with van der Waals surface area (Å²) in [6.45, 7) is 0. The highest BCUT2D eigenvalue weighted by atomic mass is 16.4. The van der Waals surface area contributed by atoms with E-state index in [0.29, 0.717) is 0 Å². The molecule has 8 nitrogen and oxygen atoms in total. The molecule has 2 aromatic carbocycles. The highest BCUT2D eigenvalue weighted by Crippen LogP contribution is 2.32. The van der Waals surface area contributed by atoms with Gasteiger partial charge in [0.1, 0.15) is 17.1 Å². The molecule has 5 N–H and O–H groups in total. The van der Waals surface area contributed by atoms with E-state index in [9.17, 15) is 30.0 Å². The second-order valence-electron chi connectivity index (χ2n) is 4.73. The molecule has 0 spiro atoms. The lowest BCUT2D eigenvalue weighted by Crippen LogP contribution is -2.26. The van der Waals surface area contributed by atoms with E-state index < -0.39 is 34.7 Å². The van der Waals surface area contributed by atoms with Gasteiger partial charge in [-0.15, -0.1) is 0 Å². The zero-order valence-electron chi connectivity index (χ0n) is 11.9. The molecule has 0 heterocycles. The molecule has 8 heteroatoms. The minimum Gasteiger partial charge on any atom is -0.507 e. The molecule has 120 valence electrons.